The van der Waals surface area contributed by atoms with E-state index in [0.717, 1.165) is 23.9 Å². The number of pyridine rings is 1. The average molecular weight is 431 g/mol. The Kier molecular flexibility index (Phi) is 7.11. The number of hydrogen-bond donors (Lipinski definition) is 3. The number of urea groups is 1. The van der Waals surface area contributed by atoms with Crippen LogP contribution in [-0.4, -0.2) is 48.7 Å². The van der Waals surface area contributed by atoms with Gasteiger partial charge in [-0.3, -0.25) is 10.3 Å². The highest BCUT2D eigenvalue weighted by Crippen LogP contribution is 2.26. The molecule has 2 amide bonds. The third kappa shape index (κ3) is 6.60. The molecule has 0 fully saturated rings. The van der Waals surface area contributed by atoms with Gasteiger partial charge in [0.2, 0.25) is 10.0 Å². The second kappa shape index (κ2) is 9.77. The zero-order chi connectivity index (χ0) is 21.6. The number of anilines is 1. The summed E-state index contributed by atoms with van der Waals surface area (Å²) in [6, 6.07) is 3.07. The van der Waals surface area contributed by atoms with E-state index in [9.17, 15) is 13.2 Å². The van der Waals surface area contributed by atoms with E-state index in [0.29, 0.717) is 48.8 Å². The average Bonchev–Trinajstić information content (AvgIpc) is 2.69. The first kappa shape index (κ1) is 21.8. The summed E-state index contributed by atoms with van der Waals surface area (Å²) < 4.78 is 24.4. The van der Waals surface area contributed by atoms with E-state index in [-0.39, 0.29) is 6.03 Å². The molecule has 2 aromatic heterocycles. The highest BCUT2D eigenvalue weighted by Gasteiger charge is 2.12. The molecule has 3 rings (SSSR count). The lowest BCUT2D eigenvalue weighted by Gasteiger charge is -2.14. The van der Waals surface area contributed by atoms with Crippen LogP contribution < -0.4 is 15.4 Å². The molecule has 160 valence electrons. The van der Waals surface area contributed by atoms with Gasteiger partial charge in [-0.05, 0) is 42.9 Å². The standard InChI is InChI=1S/C20H26N6O3S/c1-14-6-5-7-15(12-14)17-13-22-16-8-9-18(25-19(16)24-17)26-20(27)21-10-3-4-11-23-30(2,28)29/h5-9,13-14,23H,3-4,10-12H2,1-2H3,(H2,21,24,25,26,27). The van der Waals surface area contributed by atoms with Gasteiger partial charge in [-0.2, -0.15) is 0 Å². The van der Waals surface area contributed by atoms with Gasteiger partial charge in [0.1, 0.15) is 11.3 Å². The molecule has 0 aromatic carbocycles. The van der Waals surface area contributed by atoms with Gasteiger partial charge in [-0.15, -0.1) is 0 Å². The number of nitrogens with zero attached hydrogens (tertiary/aromatic N) is 3. The van der Waals surface area contributed by atoms with E-state index in [1.165, 1.54) is 0 Å². The fourth-order valence-electron chi connectivity index (χ4n) is 3.03. The number of carbonyl (C=O) groups is 1. The minimum absolute atomic E-state index is 0.348. The van der Waals surface area contributed by atoms with Crippen molar-refractivity contribution in [2.24, 2.45) is 5.92 Å². The summed E-state index contributed by atoms with van der Waals surface area (Å²) in [7, 11) is -3.18. The Bertz CT molecular complexity index is 1080. The Morgan fingerprint density at radius 3 is 2.77 bits per heavy atom. The number of unbranched alkanes of at least 4 members (excludes halogenated alkanes) is 1. The molecule has 2 aromatic rings. The largest absolute Gasteiger partial charge is 0.338 e. The zero-order valence-corrected chi connectivity index (χ0v) is 17.9. The number of carbonyl (C=O) groups excluding carboxylic acids is 1. The maximum Gasteiger partial charge on any atom is 0.320 e. The molecule has 3 N–H and O–H groups in total. The van der Waals surface area contributed by atoms with Crippen molar-refractivity contribution in [3.8, 4) is 0 Å². The zero-order valence-electron chi connectivity index (χ0n) is 17.1. The third-order valence-corrected chi connectivity index (χ3v) is 5.24. The fourth-order valence-corrected chi connectivity index (χ4v) is 3.54. The molecule has 0 spiro atoms. The lowest BCUT2D eigenvalue weighted by atomic mass is 9.94. The maximum absolute atomic E-state index is 12.1. The molecule has 9 nitrogen and oxygen atoms in total. The Labute approximate surface area is 176 Å². The first-order valence-corrected chi connectivity index (χ1v) is 11.7. The van der Waals surface area contributed by atoms with Crippen LogP contribution in [0.1, 0.15) is 31.9 Å². The van der Waals surface area contributed by atoms with Crippen molar-refractivity contribution in [1.82, 2.24) is 25.0 Å². The molecule has 0 saturated carbocycles. The van der Waals surface area contributed by atoms with E-state index in [1.807, 2.05) is 12.2 Å². The lowest BCUT2D eigenvalue weighted by Crippen LogP contribution is -2.30. The van der Waals surface area contributed by atoms with E-state index < -0.39 is 10.0 Å². The lowest BCUT2D eigenvalue weighted by molar-refractivity contribution is 0.252. The van der Waals surface area contributed by atoms with E-state index in [4.69, 9.17) is 0 Å². The smallest absolute Gasteiger partial charge is 0.320 e. The van der Waals surface area contributed by atoms with Crippen molar-refractivity contribution in [2.75, 3.05) is 24.7 Å². The molecule has 0 saturated heterocycles. The minimum atomic E-state index is -3.18. The molecule has 2 heterocycles. The number of nitrogens with one attached hydrogen (secondary N) is 3. The summed E-state index contributed by atoms with van der Waals surface area (Å²) in [4.78, 5) is 25.5. The Balaban J connectivity index is 1.55. The summed E-state index contributed by atoms with van der Waals surface area (Å²) in [5.41, 5.74) is 3.03. The van der Waals surface area contributed by atoms with Crippen molar-refractivity contribution < 1.29 is 13.2 Å². The molecule has 0 radical (unpaired) electrons. The van der Waals surface area contributed by atoms with E-state index >= 15 is 0 Å². The van der Waals surface area contributed by atoms with Gasteiger partial charge in [0.25, 0.3) is 0 Å². The quantitative estimate of drug-likeness (QED) is 0.552. The van der Waals surface area contributed by atoms with Crippen LogP contribution in [0.3, 0.4) is 0 Å². The molecule has 0 aliphatic heterocycles. The van der Waals surface area contributed by atoms with Crippen molar-refractivity contribution in [1.29, 1.82) is 0 Å². The van der Waals surface area contributed by atoms with Gasteiger partial charge >= 0.3 is 6.03 Å². The van der Waals surface area contributed by atoms with Crippen molar-refractivity contribution in [3.63, 3.8) is 0 Å². The van der Waals surface area contributed by atoms with E-state index in [1.54, 1.807) is 18.3 Å². The van der Waals surface area contributed by atoms with Gasteiger partial charge in [-0.25, -0.2) is 27.9 Å². The number of allylic oxidation sites excluding steroid dienone is 4. The molecule has 30 heavy (non-hydrogen) atoms. The van der Waals surface area contributed by atoms with Crippen LogP contribution in [0, 0.1) is 5.92 Å². The van der Waals surface area contributed by atoms with Crippen molar-refractivity contribution in [3.05, 3.63) is 42.3 Å². The van der Waals surface area contributed by atoms with Crippen LogP contribution >= 0.6 is 0 Å². The van der Waals surface area contributed by atoms with Crippen LogP contribution in [0.2, 0.25) is 0 Å². The van der Waals surface area contributed by atoms with Crippen LogP contribution in [0.4, 0.5) is 10.6 Å². The fraction of sp³-hybridized carbons (Fsp3) is 0.400. The number of fused-ring (bicyclic) bond motifs is 1. The number of aromatic nitrogens is 3. The predicted octanol–water partition coefficient (Wildman–Crippen LogP) is 2.46. The van der Waals surface area contributed by atoms with Crippen molar-refractivity contribution in [2.45, 2.75) is 26.2 Å². The number of hydrogen-bond acceptors (Lipinski definition) is 6. The summed E-state index contributed by atoms with van der Waals surface area (Å²) >= 11 is 0. The van der Waals surface area contributed by atoms with Gasteiger partial charge in [0, 0.05) is 13.1 Å². The molecule has 1 aliphatic carbocycles. The summed E-state index contributed by atoms with van der Waals surface area (Å²) in [6.45, 7) is 2.92. The van der Waals surface area contributed by atoms with Crippen molar-refractivity contribution >= 4 is 38.6 Å². The number of amides is 2. The summed E-state index contributed by atoms with van der Waals surface area (Å²) in [6.07, 6.45) is 11.3. The summed E-state index contributed by atoms with van der Waals surface area (Å²) in [5.74, 6) is 0.838. The Hall–Kier alpha value is -2.85. The minimum Gasteiger partial charge on any atom is -0.338 e. The van der Waals surface area contributed by atoms with Gasteiger partial charge in [-0.1, -0.05) is 25.2 Å². The topological polar surface area (TPSA) is 126 Å². The number of sulfonamides is 1. The van der Waals surface area contributed by atoms with Crippen LogP contribution in [0.25, 0.3) is 16.7 Å². The second-order valence-corrected chi connectivity index (χ2v) is 9.14. The molecule has 1 atom stereocenters. The molecule has 1 aliphatic rings. The monoisotopic (exact) mass is 430 g/mol. The maximum atomic E-state index is 12.1. The highest BCUT2D eigenvalue weighted by molar-refractivity contribution is 7.88. The van der Waals surface area contributed by atoms with E-state index in [2.05, 4.69) is 43.3 Å². The highest BCUT2D eigenvalue weighted by atomic mass is 32.2. The third-order valence-electron chi connectivity index (χ3n) is 4.51. The second-order valence-electron chi connectivity index (χ2n) is 7.31. The number of rotatable bonds is 8. The first-order valence-electron chi connectivity index (χ1n) is 9.81. The normalized spacial score (nSPS) is 16.3. The molecule has 10 heteroatoms. The molecular formula is C20H26N6O3S. The predicted molar refractivity (Wildman–Crippen MR) is 117 cm³/mol. The molecular weight excluding hydrogens is 404 g/mol. The van der Waals surface area contributed by atoms with Crippen LogP contribution in [-0.2, 0) is 10.0 Å². The first-order chi connectivity index (χ1) is 14.3. The van der Waals surface area contributed by atoms with Crippen LogP contribution in [0.15, 0.2) is 36.6 Å². The van der Waals surface area contributed by atoms with Gasteiger partial charge < -0.3 is 5.32 Å². The SMILES string of the molecule is CC1C=CC=C(c2cnc3ccc(NC(=O)NCCCCNS(C)(=O)=O)nc3n2)C1. The Morgan fingerprint density at radius 2 is 2.00 bits per heavy atom. The van der Waals surface area contributed by atoms with Gasteiger partial charge in [0.15, 0.2) is 5.65 Å². The molecule has 1 unspecified atom stereocenters. The molecule has 0 bridgehead atoms. The van der Waals surface area contributed by atoms with Gasteiger partial charge in [0.05, 0.1) is 18.1 Å². The summed E-state index contributed by atoms with van der Waals surface area (Å²) in [5, 5.41) is 5.41. The Morgan fingerprint density at radius 1 is 1.20 bits per heavy atom. The van der Waals surface area contributed by atoms with Crippen LogP contribution in [0.5, 0.6) is 0 Å².